The van der Waals surface area contributed by atoms with Gasteiger partial charge in [0.1, 0.15) is 27.1 Å². The molecule has 0 aliphatic heterocycles. The molecule has 6 N–H and O–H groups in total. The molecular weight excluding hydrogens is 908 g/mol. The molecular formula is C39H30Cl3F3N6O8S2. The number of primary sulfonamides is 2. The molecule has 318 valence electrons. The lowest BCUT2D eigenvalue weighted by Crippen LogP contribution is -2.18. The fourth-order valence-corrected chi connectivity index (χ4v) is 6.99. The summed E-state index contributed by atoms with van der Waals surface area (Å²) in [6.07, 6.45) is -0.957. The minimum absolute atomic E-state index is 0.00185. The van der Waals surface area contributed by atoms with Crippen LogP contribution >= 0.6 is 34.8 Å². The van der Waals surface area contributed by atoms with Gasteiger partial charge >= 0.3 is 0 Å². The number of halogens is 6. The Hall–Kier alpha value is -5.80. The molecule has 4 aromatic carbocycles. The number of aromatic nitrogens is 2. The molecule has 2 aromatic heterocycles. The van der Waals surface area contributed by atoms with E-state index >= 15 is 0 Å². The molecule has 0 fully saturated rings. The highest BCUT2D eigenvalue weighted by Crippen LogP contribution is 2.32. The lowest BCUT2D eigenvalue weighted by molar-refractivity contribution is -0.116. The fourth-order valence-electron chi connectivity index (χ4n) is 5.19. The van der Waals surface area contributed by atoms with E-state index < -0.39 is 53.9 Å². The Morgan fingerprint density at radius 2 is 1.11 bits per heavy atom. The number of nitrogens with zero attached hydrogens (tertiary/aromatic N) is 2. The number of pyridine rings is 2. The van der Waals surface area contributed by atoms with Crippen molar-refractivity contribution < 1.29 is 49.1 Å². The largest absolute Gasteiger partial charge is 0.438 e. The maximum atomic E-state index is 13.4. The highest BCUT2D eigenvalue weighted by molar-refractivity contribution is 7.89. The fraction of sp³-hybridized carbons (Fsp3) is 0.0769. The Morgan fingerprint density at radius 3 is 1.57 bits per heavy atom. The van der Waals surface area contributed by atoms with E-state index in [1.54, 1.807) is 30.3 Å². The standard InChI is InChI=1S/C20H16ClF2N3O4S.C19H14Cl2FN3O4S/c21-13-5-3-6-15(9-13)30-20-17(31(24,28)29)10-14(11-25-20)26-18(27)8-12-4-1-2-7-16(12)19(22)23;20-12-2-1-3-15(8-12)29-19-17(30(23,27)28)9-14(10-24-19)25-18(26)7-11-6-13(22)4-5-16(11)21/h1-7,9-11,19H,8H2,(H,26,27)(H2,24,28,29);1-6,8-10H,7H2,(H,25,26)(H2,23,27,28). The predicted molar refractivity (Wildman–Crippen MR) is 222 cm³/mol. The number of alkyl halides is 2. The molecule has 0 atom stereocenters. The first kappa shape index (κ1) is 46.3. The van der Waals surface area contributed by atoms with Gasteiger partial charge in [0.05, 0.1) is 36.6 Å². The first-order valence-electron chi connectivity index (χ1n) is 17.1. The number of hydrogen-bond acceptors (Lipinski definition) is 10. The number of rotatable bonds is 13. The Morgan fingerprint density at radius 1 is 0.639 bits per heavy atom. The summed E-state index contributed by atoms with van der Waals surface area (Å²) < 4.78 is 98.4. The van der Waals surface area contributed by atoms with E-state index in [9.17, 15) is 39.6 Å². The molecule has 0 unspecified atom stereocenters. The lowest BCUT2D eigenvalue weighted by Gasteiger charge is -2.12. The maximum absolute atomic E-state index is 13.4. The number of nitrogens with one attached hydrogen (secondary N) is 2. The van der Waals surface area contributed by atoms with Gasteiger partial charge in [0.25, 0.3) is 6.43 Å². The predicted octanol–water partition coefficient (Wildman–Crippen LogP) is 8.44. The summed E-state index contributed by atoms with van der Waals surface area (Å²) in [5.41, 5.74) is 0.216. The summed E-state index contributed by atoms with van der Waals surface area (Å²) in [4.78, 5) is 31.5. The van der Waals surface area contributed by atoms with Crippen molar-refractivity contribution in [2.75, 3.05) is 10.6 Å². The zero-order chi connectivity index (χ0) is 44.5. The number of nitrogens with two attached hydrogens (primary N) is 2. The van der Waals surface area contributed by atoms with E-state index in [1.165, 1.54) is 60.8 Å². The van der Waals surface area contributed by atoms with Crippen molar-refractivity contribution in [3.63, 3.8) is 0 Å². The molecule has 14 nitrogen and oxygen atoms in total. The number of carbonyl (C=O) groups is 2. The van der Waals surface area contributed by atoms with Gasteiger partial charge in [-0.3, -0.25) is 9.59 Å². The van der Waals surface area contributed by atoms with E-state index in [-0.39, 0.29) is 69.2 Å². The molecule has 0 aliphatic rings. The van der Waals surface area contributed by atoms with Gasteiger partial charge in [0.15, 0.2) is 0 Å². The molecule has 6 rings (SSSR count). The third kappa shape index (κ3) is 13.6. The highest BCUT2D eigenvalue weighted by Gasteiger charge is 2.22. The number of benzene rings is 4. The van der Waals surface area contributed by atoms with Gasteiger partial charge in [-0.2, -0.15) is 0 Å². The van der Waals surface area contributed by atoms with E-state index in [1.807, 2.05) is 0 Å². The maximum Gasteiger partial charge on any atom is 0.264 e. The molecule has 2 heterocycles. The lowest BCUT2D eigenvalue weighted by atomic mass is 10.0. The Labute approximate surface area is 361 Å². The normalized spacial score (nSPS) is 11.3. The van der Waals surface area contributed by atoms with Crippen LogP contribution in [-0.2, 0) is 42.5 Å². The molecule has 2 amide bonds. The van der Waals surface area contributed by atoms with Gasteiger partial charge in [-0.1, -0.05) is 71.2 Å². The molecule has 61 heavy (non-hydrogen) atoms. The van der Waals surface area contributed by atoms with Gasteiger partial charge in [-0.05, 0) is 77.9 Å². The number of carbonyl (C=O) groups excluding carboxylic acids is 2. The third-order valence-corrected chi connectivity index (χ3v) is 10.5. The average molecular weight is 938 g/mol. The van der Waals surface area contributed by atoms with Gasteiger partial charge in [-0.15, -0.1) is 0 Å². The first-order valence-corrected chi connectivity index (χ1v) is 21.3. The van der Waals surface area contributed by atoms with Crippen LogP contribution in [0.1, 0.15) is 23.1 Å². The third-order valence-electron chi connectivity index (χ3n) is 7.84. The zero-order valence-electron chi connectivity index (χ0n) is 30.9. The van der Waals surface area contributed by atoms with Crippen molar-refractivity contribution in [1.29, 1.82) is 0 Å². The number of hydrogen-bond donors (Lipinski definition) is 4. The number of amides is 2. The second kappa shape index (κ2) is 20.2. The summed E-state index contributed by atoms with van der Waals surface area (Å²) in [6.45, 7) is 0. The van der Waals surface area contributed by atoms with Crippen LogP contribution in [0.15, 0.2) is 125 Å². The van der Waals surface area contributed by atoms with E-state index in [4.69, 9.17) is 54.6 Å². The minimum Gasteiger partial charge on any atom is -0.438 e. The van der Waals surface area contributed by atoms with Crippen molar-refractivity contribution in [1.82, 2.24) is 9.97 Å². The van der Waals surface area contributed by atoms with Crippen molar-refractivity contribution in [2.45, 2.75) is 29.1 Å². The molecule has 0 saturated carbocycles. The van der Waals surface area contributed by atoms with Gasteiger partial charge < -0.3 is 20.1 Å². The van der Waals surface area contributed by atoms with Crippen LogP contribution in [0.2, 0.25) is 15.1 Å². The molecule has 6 aromatic rings. The SMILES string of the molecule is NS(=O)(=O)c1cc(NC(=O)Cc2cc(F)ccc2Cl)cnc1Oc1cccc(Cl)c1.NS(=O)(=O)c1cc(NC(=O)Cc2ccccc2C(F)F)cnc1Oc1cccc(Cl)c1. The quantitative estimate of drug-likeness (QED) is 0.0865. The van der Waals surface area contributed by atoms with Crippen molar-refractivity contribution in [3.8, 4) is 23.3 Å². The van der Waals surface area contributed by atoms with E-state index in [0.717, 1.165) is 24.4 Å². The van der Waals surface area contributed by atoms with Crippen LogP contribution in [0.5, 0.6) is 23.3 Å². The molecule has 0 saturated heterocycles. The Bertz CT molecular complexity index is 2830. The molecule has 0 aliphatic carbocycles. The van der Waals surface area contributed by atoms with E-state index in [2.05, 4.69) is 20.6 Å². The number of ether oxygens (including phenoxy) is 2. The zero-order valence-corrected chi connectivity index (χ0v) is 34.8. The Kier molecular flexibility index (Phi) is 15.3. The van der Waals surface area contributed by atoms with Crippen LogP contribution in [-0.4, -0.2) is 38.6 Å². The summed E-state index contributed by atoms with van der Waals surface area (Å²) in [5, 5.41) is 16.4. The summed E-state index contributed by atoms with van der Waals surface area (Å²) >= 11 is 17.7. The average Bonchev–Trinajstić information content (AvgIpc) is 3.17. The van der Waals surface area contributed by atoms with Crippen LogP contribution in [0.3, 0.4) is 0 Å². The summed E-state index contributed by atoms with van der Waals surface area (Å²) in [6, 6.07) is 23.9. The van der Waals surface area contributed by atoms with Gasteiger partial charge in [0.2, 0.25) is 43.6 Å². The van der Waals surface area contributed by atoms with Crippen LogP contribution < -0.4 is 30.4 Å². The molecule has 22 heteroatoms. The highest BCUT2D eigenvalue weighted by atomic mass is 35.5. The molecule has 0 bridgehead atoms. The second-order valence-corrected chi connectivity index (χ2v) is 16.8. The van der Waals surface area contributed by atoms with Gasteiger partial charge in [-0.25, -0.2) is 50.3 Å². The van der Waals surface area contributed by atoms with Crippen LogP contribution in [0.4, 0.5) is 24.5 Å². The second-order valence-electron chi connectivity index (χ2n) is 12.4. The van der Waals surface area contributed by atoms with Crippen molar-refractivity contribution in [2.24, 2.45) is 10.3 Å². The van der Waals surface area contributed by atoms with Crippen molar-refractivity contribution in [3.05, 3.63) is 153 Å². The van der Waals surface area contributed by atoms with E-state index in [0.29, 0.717) is 10.0 Å². The smallest absolute Gasteiger partial charge is 0.264 e. The number of sulfonamides is 2. The molecule has 0 radical (unpaired) electrons. The first-order chi connectivity index (χ1) is 28.7. The monoisotopic (exact) mass is 936 g/mol. The minimum atomic E-state index is -4.27. The van der Waals surface area contributed by atoms with Gasteiger partial charge in [0, 0.05) is 20.6 Å². The number of anilines is 2. The van der Waals surface area contributed by atoms with Crippen molar-refractivity contribution >= 4 is 78.0 Å². The summed E-state index contributed by atoms with van der Waals surface area (Å²) in [5.74, 6) is -1.87. The molecule has 0 spiro atoms. The Balaban J connectivity index is 0.000000231. The van der Waals surface area contributed by atoms with Crippen LogP contribution in [0.25, 0.3) is 0 Å². The topological polar surface area (TPSA) is 223 Å². The summed E-state index contributed by atoms with van der Waals surface area (Å²) in [7, 11) is -8.51. The van der Waals surface area contributed by atoms with Crippen LogP contribution in [0, 0.1) is 5.82 Å².